The Labute approximate surface area is 96.1 Å². The van der Waals surface area contributed by atoms with Crippen molar-refractivity contribution in [3.63, 3.8) is 0 Å². The van der Waals surface area contributed by atoms with E-state index in [9.17, 15) is 4.79 Å². The lowest BCUT2D eigenvalue weighted by molar-refractivity contribution is -0.117. The van der Waals surface area contributed by atoms with Gasteiger partial charge < -0.3 is 10.3 Å². The van der Waals surface area contributed by atoms with Crippen molar-refractivity contribution in [2.75, 3.05) is 5.75 Å². The minimum absolute atomic E-state index is 0.0485. The first-order chi connectivity index (χ1) is 7.81. The van der Waals surface area contributed by atoms with Crippen LogP contribution in [0.25, 0.3) is 17.1 Å². The van der Waals surface area contributed by atoms with Gasteiger partial charge in [0.25, 0.3) is 0 Å². The number of aromatic nitrogens is 2. The number of nitrogens with one attached hydrogen (secondary N) is 2. The van der Waals surface area contributed by atoms with Crippen molar-refractivity contribution < 1.29 is 4.79 Å². The van der Waals surface area contributed by atoms with Crippen molar-refractivity contribution in [1.29, 1.82) is 0 Å². The second-order valence-electron chi connectivity index (χ2n) is 3.48. The lowest BCUT2D eigenvalue weighted by Crippen LogP contribution is -2.13. The monoisotopic (exact) mass is 231 g/mol. The molecule has 16 heavy (non-hydrogen) atoms. The molecule has 1 aliphatic heterocycles. The lowest BCUT2D eigenvalue weighted by atomic mass is 10.3. The molecule has 1 amide bonds. The molecule has 0 spiro atoms. The van der Waals surface area contributed by atoms with Crippen molar-refractivity contribution in [3.05, 3.63) is 35.1 Å². The summed E-state index contributed by atoms with van der Waals surface area (Å²) in [6.07, 6.45) is 1.86. The molecule has 1 fully saturated rings. The average Bonchev–Trinajstić information content (AvgIpc) is 2.84. The number of H-pyrrole nitrogens is 1. The quantitative estimate of drug-likeness (QED) is 0.785. The van der Waals surface area contributed by atoms with Crippen LogP contribution in [0, 0.1) is 0 Å². The van der Waals surface area contributed by atoms with Crippen molar-refractivity contribution in [2.24, 2.45) is 0 Å². The SMILES string of the molecule is O=C1CSC(=Cc2nc3ccccc3[nH]2)N1. The Morgan fingerprint density at radius 1 is 1.38 bits per heavy atom. The molecule has 0 bridgehead atoms. The first kappa shape index (κ1) is 9.47. The Hall–Kier alpha value is -1.75. The molecule has 1 aliphatic rings. The predicted octanol–water partition coefficient (Wildman–Crippen LogP) is 1.72. The first-order valence-corrected chi connectivity index (χ1v) is 5.89. The van der Waals surface area contributed by atoms with Crippen molar-refractivity contribution >= 4 is 34.8 Å². The number of hydrogen-bond donors (Lipinski definition) is 2. The van der Waals surface area contributed by atoms with E-state index in [0.717, 1.165) is 21.9 Å². The molecule has 0 aliphatic carbocycles. The van der Waals surface area contributed by atoms with E-state index in [2.05, 4.69) is 15.3 Å². The molecule has 0 atom stereocenters. The Kier molecular flexibility index (Phi) is 2.18. The summed E-state index contributed by atoms with van der Waals surface area (Å²) in [5.41, 5.74) is 1.94. The van der Waals surface area contributed by atoms with E-state index in [1.165, 1.54) is 11.8 Å². The van der Waals surface area contributed by atoms with E-state index in [0.29, 0.717) is 5.75 Å². The first-order valence-electron chi connectivity index (χ1n) is 4.90. The maximum Gasteiger partial charge on any atom is 0.235 e. The van der Waals surface area contributed by atoms with E-state index in [1.807, 2.05) is 30.3 Å². The fraction of sp³-hybridized carbons (Fsp3) is 0.0909. The molecule has 2 heterocycles. The molecule has 1 saturated heterocycles. The summed E-state index contributed by atoms with van der Waals surface area (Å²) in [6, 6.07) is 7.84. The van der Waals surface area contributed by atoms with Crippen LogP contribution in [0.4, 0.5) is 0 Å². The maximum atomic E-state index is 11.0. The fourth-order valence-corrected chi connectivity index (χ4v) is 2.34. The number of imidazole rings is 1. The largest absolute Gasteiger partial charge is 0.338 e. The van der Waals surface area contributed by atoms with Gasteiger partial charge in [-0.25, -0.2) is 4.98 Å². The van der Waals surface area contributed by atoms with Gasteiger partial charge in [0.15, 0.2) is 0 Å². The number of rotatable bonds is 1. The average molecular weight is 231 g/mol. The number of thioether (sulfide) groups is 1. The molecule has 1 aromatic heterocycles. The highest BCUT2D eigenvalue weighted by Crippen LogP contribution is 2.21. The van der Waals surface area contributed by atoms with Crippen LogP contribution in [0.1, 0.15) is 5.82 Å². The van der Waals surface area contributed by atoms with Gasteiger partial charge in [-0.15, -0.1) is 0 Å². The molecule has 4 nitrogen and oxygen atoms in total. The highest BCUT2D eigenvalue weighted by atomic mass is 32.2. The van der Waals surface area contributed by atoms with E-state index in [1.54, 1.807) is 0 Å². The van der Waals surface area contributed by atoms with Gasteiger partial charge in [0.1, 0.15) is 5.82 Å². The van der Waals surface area contributed by atoms with Gasteiger partial charge in [0, 0.05) is 6.08 Å². The van der Waals surface area contributed by atoms with Crippen LogP contribution in [0.2, 0.25) is 0 Å². The molecule has 2 N–H and O–H groups in total. The highest BCUT2D eigenvalue weighted by Gasteiger charge is 2.15. The third-order valence-electron chi connectivity index (χ3n) is 2.30. The normalized spacial score (nSPS) is 18.2. The van der Waals surface area contributed by atoms with Gasteiger partial charge in [-0.2, -0.15) is 0 Å². The molecule has 3 rings (SSSR count). The summed E-state index contributed by atoms with van der Waals surface area (Å²) >= 11 is 1.50. The Morgan fingerprint density at radius 3 is 3.00 bits per heavy atom. The smallest absolute Gasteiger partial charge is 0.235 e. The second-order valence-corrected chi connectivity index (χ2v) is 4.50. The van der Waals surface area contributed by atoms with Crippen LogP contribution in [0.5, 0.6) is 0 Å². The zero-order chi connectivity index (χ0) is 11.0. The summed E-state index contributed by atoms with van der Waals surface area (Å²) in [4.78, 5) is 18.6. The number of hydrogen-bond acceptors (Lipinski definition) is 3. The summed E-state index contributed by atoms with van der Waals surface area (Å²) in [7, 11) is 0. The molecule has 5 heteroatoms. The molecular weight excluding hydrogens is 222 g/mol. The fourth-order valence-electron chi connectivity index (χ4n) is 1.60. The van der Waals surface area contributed by atoms with Gasteiger partial charge in [-0.1, -0.05) is 23.9 Å². The molecule has 0 unspecified atom stereocenters. The number of nitrogens with zero attached hydrogens (tertiary/aromatic N) is 1. The molecule has 80 valence electrons. The van der Waals surface area contributed by atoms with Crippen LogP contribution in [0.15, 0.2) is 29.3 Å². The Morgan fingerprint density at radius 2 is 2.25 bits per heavy atom. The minimum Gasteiger partial charge on any atom is -0.338 e. The Balaban J connectivity index is 1.97. The van der Waals surface area contributed by atoms with E-state index >= 15 is 0 Å². The Bertz CT molecular complexity index is 555. The predicted molar refractivity (Wildman–Crippen MR) is 64.7 cm³/mol. The topological polar surface area (TPSA) is 57.8 Å². The van der Waals surface area contributed by atoms with E-state index < -0.39 is 0 Å². The standard InChI is InChI=1S/C11H9N3OS/c15-10-6-16-11(14-10)5-9-12-7-3-1-2-4-8(7)13-9/h1-5H,6H2,(H,12,13)(H,14,15). The second kappa shape index (κ2) is 3.68. The van der Waals surface area contributed by atoms with Crippen molar-refractivity contribution in [2.45, 2.75) is 0 Å². The maximum absolute atomic E-state index is 11.0. The zero-order valence-corrected chi connectivity index (χ0v) is 9.17. The number of para-hydroxylation sites is 2. The van der Waals surface area contributed by atoms with Crippen LogP contribution in [-0.2, 0) is 4.79 Å². The number of amides is 1. The number of carbonyl (C=O) groups excluding carboxylic acids is 1. The van der Waals surface area contributed by atoms with Gasteiger partial charge in [-0.3, -0.25) is 4.79 Å². The third kappa shape index (κ3) is 1.69. The third-order valence-corrected chi connectivity index (χ3v) is 3.23. The number of benzene rings is 1. The molecule has 2 aromatic rings. The van der Waals surface area contributed by atoms with Gasteiger partial charge >= 0.3 is 0 Å². The summed E-state index contributed by atoms with van der Waals surface area (Å²) in [5, 5.41) is 3.62. The van der Waals surface area contributed by atoms with E-state index in [4.69, 9.17) is 0 Å². The summed E-state index contributed by atoms with van der Waals surface area (Å²) in [5.74, 6) is 1.31. The van der Waals surface area contributed by atoms with Crippen LogP contribution < -0.4 is 5.32 Å². The van der Waals surface area contributed by atoms with Crippen LogP contribution >= 0.6 is 11.8 Å². The zero-order valence-electron chi connectivity index (χ0n) is 8.36. The molecular formula is C11H9N3OS. The molecule has 1 aromatic carbocycles. The van der Waals surface area contributed by atoms with Crippen molar-refractivity contribution in [1.82, 2.24) is 15.3 Å². The van der Waals surface area contributed by atoms with Gasteiger partial charge in [0.2, 0.25) is 5.91 Å². The number of aromatic amines is 1. The summed E-state index contributed by atoms with van der Waals surface area (Å²) < 4.78 is 0. The van der Waals surface area contributed by atoms with Gasteiger partial charge in [0.05, 0.1) is 21.8 Å². The number of fused-ring (bicyclic) bond motifs is 1. The van der Waals surface area contributed by atoms with Crippen LogP contribution in [-0.4, -0.2) is 21.6 Å². The van der Waals surface area contributed by atoms with E-state index in [-0.39, 0.29) is 5.91 Å². The van der Waals surface area contributed by atoms with Gasteiger partial charge in [-0.05, 0) is 12.1 Å². The molecule has 0 saturated carbocycles. The summed E-state index contributed by atoms with van der Waals surface area (Å²) in [6.45, 7) is 0. The lowest BCUT2D eigenvalue weighted by Gasteiger charge is -1.92. The van der Waals surface area contributed by atoms with Crippen molar-refractivity contribution in [3.8, 4) is 0 Å². The van der Waals surface area contributed by atoms with Crippen LogP contribution in [0.3, 0.4) is 0 Å². The highest BCUT2D eigenvalue weighted by molar-refractivity contribution is 8.04. The number of carbonyl (C=O) groups is 1. The minimum atomic E-state index is 0.0485. The molecule has 0 radical (unpaired) electrons.